The molecule has 0 unspecified atom stereocenters. The number of nitrogens with two attached hydrogens (primary N) is 1. The van der Waals surface area contributed by atoms with Gasteiger partial charge in [-0.15, -0.1) is 0 Å². The molecule has 19 heavy (non-hydrogen) atoms. The van der Waals surface area contributed by atoms with Gasteiger partial charge in [0, 0.05) is 18.7 Å². The maximum absolute atomic E-state index is 10.9. The molecule has 0 atom stereocenters. The average Bonchev–Trinajstić information content (AvgIpc) is 3.22. The van der Waals surface area contributed by atoms with Crippen molar-refractivity contribution in [3.8, 4) is 5.88 Å². The molecule has 0 aromatic carbocycles. The third kappa shape index (κ3) is 3.52. The maximum atomic E-state index is 10.9. The first-order valence-corrected chi connectivity index (χ1v) is 6.07. The number of hydrogen-bond donors (Lipinski definition) is 2. The van der Waals surface area contributed by atoms with Crippen LogP contribution in [0.3, 0.4) is 0 Å². The summed E-state index contributed by atoms with van der Waals surface area (Å²) in [6.07, 6.45) is 2.42. The lowest BCUT2D eigenvalue weighted by Crippen LogP contribution is -2.26. The quantitative estimate of drug-likeness (QED) is 0.426. The molecule has 1 aromatic heterocycles. The molecule has 1 heterocycles. The van der Waals surface area contributed by atoms with E-state index in [0.717, 1.165) is 0 Å². The van der Waals surface area contributed by atoms with Gasteiger partial charge >= 0.3 is 5.69 Å². The molecule has 0 spiro atoms. The van der Waals surface area contributed by atoms with Crippen LogP contribution in [0.4, 0.5) is 11.5 Å². The lowest BCUT2D eigenvalue weighted by molar-refractivity contribution is -0.386. The molecule has 0 amide bonds. The molecule has 1 aliphatic carbocycles. The van der Waals surface area contributed by atoms with Crippen molar-refractivity contribution in [2.75, 3.05) is 25.6 Å². The average molecular weight is 267 g/mol. The number of likely N-dealkylation sites (N-methyl/N-ethyl adjacent to an activating group) is 1. The molecule has 104 valence electrons. The number of hydrazine groups is 1. The molecular weight excluding hydrogens is 250 g/mol. The summed E-state index contributed by atoms with van der Waals surface area (Å²) in [5.74, 6) is 5.54. The monoisotopic (exact) mass is 267 g/mol. The summed E-state index contributed by atoms with van der Waals surface area (Å²) in [4.78, 5) is 16.5. The number of nitrogens with one attached hydrogen (secondary N) is 1. The van der Waals surface area contributed by atoms with Crippen LogP contribution in [0.25, 0.3) is 0 Å². The molecule has 8 heteroatoms. The molecule has 1 aliphatic rings. The van der Waals surface area contributed by atoms with Crippen LogP contribution in [0, 0.1) is 10.1 Å². The van der Waals surface area contributed by atoms with Crippen molar-refractivity contribution in [2.45, 2.75) is 18.9 Å². The van der Waals surface area contributed by atoms with Crippen LogP contribution in [0.5, 0.6) is 5.88 Å². The topological polar surface area (TPSA) is 107 Å². The van der Waals surface area contributed by atoms with E-state index in [9.17, 15) is 10.1 Å². The third-order valence-corrected chi connectivity index (χ3v) is 3.04. The smallest absolute Gasteiger partial charge is 0.331 e. The van der Waals surface area contributed by atoms with Gasteiger partial charge < -0.3 is 15.1 Å². The number of anilines is 1. The van der Waals surface area contributed by atoms with Gasteiger partial charge in [0.2, 0.25) is 0 Å². The molecule has 2 rings (SSSR count). The fourth-order valence-electron chi connectivity index (χ4n) is 1.74. The summed E-state index contributed by atoms with van der Waals surface area (Å²) in [5.41, 5.74) is 2.18. The van der Waals surface area contributed by atoms with Crippen molar-refractivity contribution >= 4 is 11.5 Å². The second-order valence-electron chi connectivity index (χ2n) is 4.48. The second kappa shape index (κ2) is 5.81. The summed E-state index contributed by atoms with van der Waals surface area (Å²) < 4.78 is 5.40. The number of pyridine rings is 1. The Morgan fingerprint density at radius 1 is 1.63 bits per heavy atom. The molecule has 0 saturated heterocycles. The van der Waals surface area contributed by atoms with Gasteiger partial charge in [-0.05, 0) is 26.0 Å². The van der Waals surface area contributed by atoms with Crippen molar-refractivity contribution in [1.82, 2.24) is 9.88 Å². The fraction of sp³-hybridized carbons (Fsp3) is 0.545. The van der Waals surface area contributed by atoms with E-state index in [-0.39, 0.29) is 11.6 Å². The zero-order chi connectivity index (χ0) is 13.8. The van der Waals surface area contributed by atoms with E-state index in [0.29, 0.717) is 25.0 Å². The first kappa shape index (κ1) is 13.5. The Bertz CT molecular complexity index is 464. The molecule has 1 saturated carbocycles. The summed E-state index contributed by atoms with van der Waals surface area (Å²) >= 11 is 0. The standard InChI is InChI=1S/C11H17N5O3/c1-15(8-2-3-8)6-7-19-11-9(16(17)18)4-5-10(13-11)14-12/h4-5,8H,2-3,6-7,12H2,1H3,(H,13,14). The van der Waals surface area contributed by atoms with Gasteiger partial charge in [-0.1, -0.05) is 0 Å². The molecule has 0 bridgehead atoms. The van der Waals surface area contributed by atoms with Crippen molar-refractivity contribution in [1.29, 1.82) is 0 Å². The minimum absolute atomic E-state index is 0.00959. The summed E-state index contributed by atoms with van der Waals surface area (Å²) in [6.45, 7) is 1.07. The van der Waals surface area contributed by atoms with Gasteiger partial charge in [0.15, 0.2) is 0 Å². The predicted molar refractivity (Wildman–Crippen MR) is 69.8 cm³/mol. The number of ether oxygens (including phenoxy) is 1. The van der Waals surface area contributed by atoms with E-state index >= 15 is 0 Å². The van der Waals surface area contributed by atoms with E-state index in [1.807, 2.05) is 7.05 Å². The Morgan fingerprint density at radius 3 is 2.95 bits per heavy atom. The Balaban J connectivity index is 1.98. The van der Waals surface area contributed by atoms with Crippen LogP contribution < -0.4 is 16.0 Å². The zero-order valence-electron chi connectivity index (χ0n) is 10.7. The highest BCUT2D eigenvalue weighted by Crippen LogP contribution is 2.27. The molecule has 0 radical (unpaired) electrons. The Hall–Kier alpha value is -1.93. The molecular formula is C11H17N5O3. The first-order valence-electron chi connectivity index (χ1n) is 6.07. The first-order chi connectivity index (χ1) is 9.11. The van der Waals surface area contributed by atoms with Crippen LogP contribution in [0.2, 0.25) is 0 Å². The van der Waals surface area contributed by atoms with Gasteiger partial charge in [0.25, 0.3) is 5.88 Å². The number of nitrogens with zero attached hydrogens (tertiary/aromatic N) is 3. The lowest BCUT2D eigenvalue weighted by Gasteiger charge is -2.15. The molecule has 8 nitrogen and oxygen atoms in total. The summed E-state index contributed by atoms with van der Waals surface area (Å²) in [5, 5.41) is 10.9. The molecule has 0 aliphatic heterocycles. The highest BCUT2D eigenvalue weighted by atomic mass is 16.6. The van der Waals surface area contributed by atoms with Gasteiger partial charge in [-0.25, -0.2) is 5.84 Å². The highest BCUT2D eigenvalue weighted by molar-refractivity contribution is 5.48. The molecule has 1 aromatic rings. The van der Waals surface area contributed by atoms with Crippen LogP contribution >= 0.6 is 0 Å². The summed E-state index contributed by atoms with van der Waals surface area (Å²) in [7, 11) is 2.01. The van der Waals surface area contributed by atoms with Crippen LogP contribution in [-0.4, -0.2) is 41.0 Å². The van der Waals surface area contributed by atoms with Gasteiger partial charge in [-0.3, -0.25) is 10.1 Å². The third-order valence-electron chi connectivity index (χ3n) is 3.04. The number of hydrogen-bond acceptors (Lipinski definition) is 7. The largest absolute Gasteiger partial charge is 0.471 e. The van der Waals surface area contributed by atoms with Crippen LogP contribution in [0.1, 0.15) is 12.8 Å². The lowest BCUT2D eigenvalue weighted by atomic mass is 10.4. The Morgan fingerprint density at radius 2 is 2.37 bits per heavy atom. The predicted octanol–water partition coefficient (Wildman–Crippen LogP) is 0.748. The van der Waals surface area contributed by atoms with Crippen molar-refractivity contribution in [3.05, 3.63) is 22.2 Å². The highest BCUT2D eigenvalue weighted by Gasteiger charge is 2.26. The minimum atomic E-state index is -0.521. The van der Waals surface area contributed by atoms with E-state index < -0.39 is 4.92 Å². The van der Waals surface area contributed by atoms with Gasteiger partial charge in [0.05, 0.1) is 4.92 Å². The number of aromatic nitrogens is 1. The van der Waals surface area contributed by atoms with Gasteiger partial charge in [0.1, 0.15) is 12.4 Å². The fourth-order valence-corrected chi connectivity index (χ4v) is 1.74. The Labute approximate surface area is 110 Å². The van der Waals surface area contributed by atoms with Crippen molar-refractivity contribution < 1.29 is 9.66 Å². The number of nitrogen functional groups attached to an aromatic ring is 1. The van der Waals surface area contributed by atoms with Crippen LogP contribution in [0.15, 0.2) is 12.1 Å². The maximum Gasteiger partial charge on any atom is 0.331 e. The molecule has 3 N–H and O–H groups in total. The zero-order valence-corrected chi connectivity index (χ0v) is 10.7. The molecule has 1 fully saturated rings. The van der Waals surface area contributed by atoms with Crippen molar-refractivity contribution in [2.24, 2.45) is 5.84 Å². The van der Waals surface area contributed by atoms with E-state index in [1.165, 1.54) is 25.0 Å². The Kier molecular flexibility index (Phi) is 4.13. The number of nitro groups is 1. The minimum Gasteiger partial charge on any atom is -0.471 e. The second-order valence-corrected chi connectivity index (χ2v) is 4.48. The van der Waals surface area contributed by atoms with Gasteiger partial charge in [-0.2, -0.15) is 4.98 Å². The number of rotatable bonds is 7. The van der Waals surface area contributed by atoms with Crippen LogP contribution in [-0.2, 0) is 0 Å². The van der Waals surface area contributed by atoms with E-state index in [1.54, 1.807) is 0 Å². The normalized spacial score (nSPS) is 14.5. The van der Waals surface area contributed by atoms with Crippen molar-refractivity contribution in [3.63, 3.8) is 0 Å². The summed E-state index contributed by atoms with van der Waals surface area (Å²) in [6, 6.07) is 3.38. The van der Waals surface area contributed by atoms with E-state index in [2.05, 4.69) is 15.3 Å². The van der Waals surface area contributed by atoms with E-state index in [4.69, 9.17) is 10.6 Å². The SMILES string of the molecule is CN(CCOc1nc(NN)ccc1[N+](=O)[O-])C1CC1.